The number of carbonyl (C=O) groups is 1. The number of amides is 1. The molecule has 0 saturated carbocycles. The maximum Gasteiger partial charge on any atom is 0.260 e. The summed E-state index contributed by atoms with van der Waals surface area (Å²) in [4.78, 5) is 11.4. The molecule has 0 saturated heterocycles. The van der Waals surface area contributed by atoms with Crippen LogP contribution in [0.15, 0.2) is 24.3 Å². The molecule has 0 radical (unpaired) electrons. The third kappa shape index (κ3) is 3.27. The highest BCUT2D eigenvalue weighted by molar-refractivity contribution is 5.80. The fraction of sp³-hybridized carbons (Fsp3) is 0.417. The second-order valence-corrected chi connectivity index (χ2v) is 3.45. The van der Waals surface area contributed by atoms with Gasteiger partial charge in [0.15, 0.2) is 6.10 Å². The quantitative estimate of drug-likeness (QED) is 0.819. The summed E-state index contributed by atoms with van der Waals surface area (Å²) in [6.45, 7) is 3.92. The monoisotopic (exact) mass is 207 g/mol. The normalized spacial score (nSPS) is 11.9. The summed E-state index contributed by atoms with van der Waals surface area (Å²) in [7, 11) is 1.62. The summed E-state index contributed by atoms with van der Waals surface area (Å²) >= 11 is 0. The number of hydrogen-bond acceptors (Lipinski definition) is 2. The zero-order valence-corrected chi connectivity index (χ0v) is 9.41. The first kappa shape index (κ1) is 11.6. The van der Waals surface area contributed by atoms with Crippen molar-refractivity contribution >= 4 is 5.91 Å². The molecule has 3 heteroatoms. The van der Waals surface area contributed by atoms with E-state index in [1.165, 1.54) is 0 Å². The van der Waals surface area contributed by atoms with Crippen LogP contribution >= 0.6 is 0 Å². The number of hydrogen-bond donors (Lipinski definition) is 1. The van der Waals surface area contributed by atoms with E-state index in [1.807, 2.05) is 38.1 Å². The summed E-state index contributed by atoms with van der Waals surface area (Å²) in [5, 5.41) is 2.59. The molecule has 0 aliphatic heterocycles. The predicted octanol–water partition coefficient (Wildman–Crippen LogP) is 1.90. The molecule has 82 valence electrons. The van der Waals surface area contributed by atoms with Crippen LogP contribution in [0.5, 0.6) is 5.75 Å². The number of rotatable bonds is 4. The molecule has 1 aromatic rings. The molecule has 0 fully saturated rings. The van der Waals surface area contributed by atoms with E-state index in [9.17, 15) is 4.79 Å². The van der Waals surface area contributed by atoms with E-state index in [2.05, 4.69) is 5.32 Å². The van der Waals surface area contributed by atoms with E-state index in [0.29, 0.717) is 6.42 Å². The summed E-state index contributed by atoms with van der Waals surface area (Å²) in [5.74, 6) is 0.657. The van der Waals surface area contributed by atoms with E-state index < -0.39 is 6.10 Å². The van der Waals surface area contributed by atoms with Gasteiger partial charge in [0, 0.05) is 7.05 Å². The fourth-order valence-corrected chi connectivity index (χ4v) is 1.34. The second-order valence-electron chi connectivity index (χ2n) is 3.45. The predicted molar refractivity (Wildman–Crippen MR) is 60.0 cm³/mol. The van der Waals surface area contributed by atoms with Crippen molar-refractivity contribution in [2.75, 3.05) is 7.05 Å². The minimum absolute atomic E-state index is 0.0843. The summed E-state index contributed by atoms with van der Waals surface area (Å²) < 4.78 is 5.59. The van der Waals surface area contributed by atoms with Gasteiger partial charge in [0.1, 0.15) is 5.75 Å². The molecule has 0 unspecified atom stereocenters. The van der Waals surface area contributed by atoms with Crippen molar-refractivity contribution in [1.82, 2.24) is 5.32 Å². The zero-order chi connectivity index (χ0) is 11.3. The van der Waals surface area contributed by atoms with Gasteiger partial charge in [-0.05, 0) is 31.0 Å². The SMILES string of the molecule is CC[C@H](Oc1cccc(C)c1)C(=O)NC. The standard InChI is InChI=1S/C12H17NO2/c1-4-11(12(14)13-3)15-10-7-5-6-9(2)8-10/h5-8,11H,4H2,1-3H3,(H,13,14)/t11-/m0/s1. The third-order valence-electron chi connectivity index (χ3n) is 2.18. The number of benzene rings is 1. The van der Waals surface area contributed by atoms with Gasteiger partial charge in [0.25, 0.3) is 5.91 Å². The number of likely N-dealkylation sites (N-methyl/N-ethyl adjacent to an activating group) is 1. The largest absolute Gasteiger partial charge is 0.481 e. The van der Waals surface area contributed by atoms with E-state index in [-0.39, 0.29) is 5.91 Å². The second kappa shape index (κ2) is 5.39. The lowest BCUT2D eigenvalue weighted by Crippen LogP contribution is -2.35. The molecular weight excluding hydrogens is 190 g/mol. The molecule has 1 N–H and O–H groups in total. The van der Waals surface area contributed by atoms with Gasteiger partial charge >= 0.3 is 0 Å². The van der Waals surface area contributed by atoms with Crippen molar-refractivity contribution in [3.63, 3.8) is 0 Å². The van der Waals surface area contributed by atoms with E-state index in [1.54, 1.807) is 7.05 Å². The van der Waals surface area contributed by atoms with E-state index >= 15 is 0 Å². The Morgan fingerprint density at radius 1 is 1.53 bits per heavy atom. The highest BCUT2D eigenvalue weighted by Crippen LogP contribution is 2.15. The topological polar surface area (TPSA) is 38.3 Å². The number of aryl methyl sites for hydroxylation is 1. The Balaban J connectivity index is 2.70. The molecule has 0 aliphatic rings. The summed E-state index contributed by atoms with van der Waals surface area (Å²) in [6, 6.07) is 7.69. The Hall–Kier alpha value is -1.51. The third-order valence-corrected chi connectivity index (χ3v) is 2.18. The lowest BCUT2D eigenvalue weighted by Gasteiger charge is -2.16. The molecule has 1 atom stereocenters. The van der Waals surface area contributed by atoms with Crippen molar-refractivity contribution in [3.8, 4) is 5.75 Å². The van der Waals surface area contributed by atoms with Crippen molar-refractivity contribution in [3.05, 3.63) is 29.8 Å². The highest BCUT2D eigenvalue weighted by atomic mass is 16.5. The lowest BCUT2D eigenvalue weighted by molar-refractivity contribution is -0.127. The molecule has 1 rings (SSSR count). The van der Waals surface area contributed by atoms with Gasteiger partial charge in [-0.15, -0.1) is 0 Å². The first-order valence-electron chi connectivity index (χ1n) is 5.12. The van der Waals surface area contributed by atoms with Crippen LogP contribution in [0.3, 0.4) is 0 Å². The molecule has 15 heavy (non-hydrogen) atoms. The Kier molecular flexibility index (Phi) is 4.16. The van der Waals surface area contributed by atoms with Crippen LogP contribution in [0, 0.1) is 6.92 Å². The molecule has 0 aromatic heterocycles. The van der Waals surface area contributed by atoms with Gasteiger partial charge in [-0.25, -0.2) is 0 Å². The van der Waals surface area contributed by atoms with Crippen LogP contribution in [0.4, 0.5) is 0 Å². The highest BCUT2D eigenvalue weighted by Gasteiger charge is 2.16. The van der Waals surface area contributed by atoms with Crippen molar-refractivity contribution in [2.24, 2.45) is 0 Å². The molecule has 3 nitrogen and oxygen atoms in total. The number of nitrogens with one attached hydrogen (secondary N) is 1. The average molecular weight is 207 g/mol. The van der Waals surface area contributed by atoms with Crippen molar-refractivity contribution in [2.45, 2.75) is 26.4 Å². The molecular formula is C12H17NO2. The molecule has 0 heterocycles. The van der Waals surface area contributed by atoms with Gasteiger partial charge in [0.2, 0.25) is 0 Å². The van der Waals surface area contributed by atoms with Crippen LogP contribution in [-0.4, -0.2) is 19.1 Å². The van der Waals surface area contributed by atoms with E-state index in [0.717, 1.165) is 11.3 Å². The van der Waals surface area contributed by atoms with Gasteiger partial charge < -0.3 is 10.1 Å². The Morgan fingerprint density at radius 3 is 2.80 bits per heavy atom. The number of carbonyl (C=O) groups excluding carboxylic acids is 1. The summed E-state index contributed by atoms with van der Waals surface area (Å²) in [5.41, 5.74) is 1.12. The molecule has 0 bridgehead atoms. The fourth-order valence-electron chi connectivity index (χ4n) is 1.34. The molecule has 1 amide bonds. The van der Waals surface area contributed by atoms with Crippen LogP contribution in [-0.2, 0) is 4.79 Å². The van der Waals surface area contributed by atoms with Crippen LogP contribution in [0.2, 0.25) is 0 Å². The van der Waals surface area contributed by atoms with Crippen LogP contribution < -0.4 is 10.1 Å². The Bertz CT molecular complexity index is 336. The minimum atomic E-state index is -0.406. The first-order valence-corrected chi connectivity index (χ1v) is 5.12. The van der Waals surface area contributed by atoms with Crippen molar-refractivity contribution < 1.29 is 9.53 Å². The lowest BCUT2D eigenvalue weighted by atomic mass is 10.2. The average Bonchev–Trinajstić information content (AvgIpc) is 2.25. The number of ether oxygens (including phenoxy) is 1. The van der Waals surface area contributed by atoms with Gasteiger partial charge in [-0.2, -0.15) is 0 Å². The maximum absolute atomic E-state index is 11.4. The van der Waals surface area contributed by atoms with E-state index in [4.69, 9.17) is 4.74 Å². The van der Waals surface area contributed by atoms with Crippen LogP contribution in [0.1, 0.15) is 18.9 Å². The van der Waals surface area contributed by atoms with Crippen LogP contribution in [0.25, 0.3) is 0 Å². The Labute approximate surface area is 90.4 Å². The maximum atomic E-state index is 11.4. The van der Waals surface area contributed by atoms with Gasteiger partial charge in [-0.1, -0.05) is 19.1 Å². The first-order chi connectivity index (χ1) is 7.17. The Morgan fingerprint density at radius 2 is 2.27 bits per heavy atom. The van der Waals surface area contributed by atoms with Gasteiger partial charge in [0.05, 0.1) is 0 Å². The minimum Gasteiger partial charge on any atom is -0.481 e. The molecule has 1 aromatic carbocycles. The molecule has 0 aliphatic carbocycles. The molecule has 0 spiro atoms. The zero-order valence-electron chi connectivity index (χ0n) is 9.41. The smallest absolute Gasteiger partial charge is 0.260 e. The van der Waals surface area contributed by atoms with Crippen molar-refractivity contribution in [1.29, 1.82) is 0 Å². The van der Waals surface area contributed by atoms with Gasteiger partial charge in [-0.3, -0.25) is 4.79 Å². The summed E-state index contributed by atoms with van der Waals surface area (Å²) in [6.07, 6.45) is 0.255.